The number of aromatic nitrogens is 2. The largest absolute Gasteiger partial charge is 0.458 e. The number of carbonyl (C=O) groups excluding carboxylic acids is 1. The zero-order chi connectivity index (χ0) is 21.8. The van der Waals surface area contributed by atoms with Gasteiger partial charge < -0.3 is 19.7 Å². The molecule has 2 aliphatic rings. The highest BCUT2D eigenvalue weighted by molar-refractivity contribution is 5.89. The van der Waals surface area contributed by atoms with Crippen molar-refractivity contribution in [3.05, 3.63) is 62.9 Å². The van der Waals surface area contributed by atoms with Gasteiger partial charge in [0.2, 0.25) is 0 Å². The molecular formula is C24H25N3O4. The van der Waals surface area contributed by atoms with Crippen LogP contribution in [0.5, 0.6) is 0 Å². The van der Waals surface area contributed by atoms with Crippen LogP contribution in [0.1, 0.15) is 42.5 Å². The first-order chi connectivity index (χ1) is 15.0. The minimum atomic E-state index is -1.81. The van der Waals surface area contributed by atoms with E-state index in [9.17, 15) is 14.7 Å². The number of carbonyl (C=O) groups is 1. The number of ether oxygens (including phenoxy) is 1. The molecule has 0 fully saturated rings. The van der Waals surface area contributed by atoms with E-state index in [2.05, 4.69) is 18.3 Å². The zero-order valence-electron chi connectivity index (χ0n) is 17.7. The van der Waals surface area contributed by atoms with Crippen LogP contribution in [0.3, 0.4) is 0 Å². The minimum Gasteiger partial charge on any atom is -0.458 e. The quantitative estimate of drug-likeness (QED) is 0.381. The number of nitrogens with zero attached hydrogens (tertiary/aromatic N) is 2. The van der Waals surface area contributed by atoms with Crippen LogP contribution in [-0.4, -0.2) is 33.7 Å². The van der Waals surface area contributed by atoms with E-state index in [1.807, 2.05) is 18.2 Å². The summed E-state index contributed by atoms with van der Waals surface area (Å²) in [5.41, 5.74) is 3.14. The molecule has 31 heavy (non-hydrogen) atoms. The van der Waals surface area contributed by atoms with Gasteiger partial charge in [-0.25, -0.2) is 9.78 Å². The van der Waals surface area contributed by atoms with Crippen molar-refractivity contribution in [3.8, 4) is 11.4 Å². The van der Waals surface area contributed by atoms with Crippen molar-refractivity contribution in [2.45, 2.75) is 45.4 Å². The second-order valence-corrected chi connectivity index (χ2v) is 8.14. The van der Waals surface area contributed by atoms with E-state index in [1.165, 1.54) is 5.56 Å². The number of likely N-dealkylation sites (N-methyl/N-ethyl adjacent to an activating group) is 1. The first kappa shape index (κ1) is 19.9. The van der Waals surface area contributed by atoms with E-state index in [0.717, 1.165) is 41.7 Å². The Morgan fingerprint density at radius 3 is 2.81 bits per heavy atom. The second-order valence-electron chi connectivity index (χ2n) is 8.14. The van der Waals surface area contributed by atoms with Crippen molar-refractivity contribution in [2.75, 3.05) is 13.1 Å². The van der Waals surface area contributed by atoms with E-state index in [-0.39, 0.29) is 18.6 Å². The molecule has 1 aromatic carbocycles. The lowest BCUT2D eigenvalue weighted by molar-refractivity contribution is -0.172. The predicted octanol–water partition coefficient (Wildman–Crippen LogP) is 2.23. The monoisotopic (exact) mass is 419 g/mol. The summed E-state index contributed by atoms with van der Waals surface area (Å²) in [6.07, 6.45) is 0.954. The predicted molar refractivity (Wildman–Crippen MR) is 117 cm³/mol. The van der Waals surface area contributed by atoms with Crippen LogP contribution in [0.4, 0.5) is 0 Å². The lowest BCUT2D eigenvalue weighted by Crippen LogP contribution is -2.44. The third-order valence-electron chi connectivity index (χ3n) is 6.51. The van der Waals surface area contributed by atoms with Crippen LogP contribution in [-0.2, 0) is 34.7 Å². The number of rotatable bonds is 5. The molecule has 2 aromatic heterocycles. The first-order valence-corrected chi connectivity index (χ1v) is 10.8. The van der Waals surface area contributed by atoms with Crippen LogP contribution in [0.15, 0.2) is 35.1 Å². The zero-order valence-corrected chi connectivity index (χ0v) is 17.7. The maximum atomic E-state index is 13.4. The molecule has 7 nitrogen and oxygen atoms in total. The van der Waals surface area contributed by atoms with Gasteiger partial charge >= 0.3 is 5.97 Å². The van der Waals surface area contributed by atoms with Crippen molar-refractivity contribution >= 4 is 16.9 Å². The minimum absolute atomic E-state index is 0.116. The van der Waals surface area contributed by atoms with Crippen molar-refractivity contribution in [2.24, 2.45) is 0 Å². The van der Waals surface area contributed by atoms with Gasteiger partial charge in [-0.05, 0) is 43.6 Å². The maximum Gasteiger partial charge on any atom is 0.343 e. The Morgan fingerprint density at radius 1 is 1.23 bits per heavy atom. The smallest absolute Gasteiger partial charge is 0.343 e. The van der Waals surface area contributed by atoms with Gasteiger partial charge in [-0.2, -0.15) is 0 Å². The Hall–Kier alpha value is -3.03. The number of fused-ring (bicyclic) bond motifs is 5. The SMILES string of the molecule is CCNCCc1c2c(nc3ccccc13)-c1cc3c(c(=O)n1C2)COC(=O)C3(O)CC. The van der Waals surface area contributed by atoms with Crippen LogP contribution >= 0.6 is 0 Å². The molecule has 7 heteroatoms. The molecule has 0 amide bonds. The van der Waals surface area contributed by atoms with Gasteiger partial charge in [0, 0.05) is 16.5 Å². The fourth-order valence-electron chi connectivity index (χ4n) is 4.79. The summed E-state index contributed by atoms with van der Waals surface area (Å²) in [6.45, 7) is 5.81. The molecule has 2 N–H and O–H groups in total. The van der Waals surface area contributed by atoms with E-state index < -0.39 is 11.6 Å². The van der Waals surface area contributed by atoms with Gasteiger partial charge in [0.15, 0.2) is 5.60 Å². The maximum absolute atomic E-state index is 13.4. The number of benzene rings is 1. The molecule has 0 saturated carbocycles. The van der Waals surface area contributed by atoms with Gasteiger partial charge in [-0.15, -0.1) is 0 Å². The van der Waals surface area contributed by atoms with Crippen LogP contribution < -0.4 is 10.9 Å². The molecule has 0 saturated heterocycles. The van der Waals surface area contributed by atoms with Gasteiger partial charge in [0.1, 0.15) is 6.61 Å². The number of pyridine rings is 2. The van der Waals surface area contributed by atoms with Gasteiger partial charge in [-0.3, -0.25) is 4.79 Å². The van der Waals surface area contributed by atoms with Crippen molar-refractivity contribution in [3.63, 3.8) is 0 Å². The lowest BCUT2D eigenvalue weighted by atomic mass is 9.86. The molecule has 0 spiro atoms. The average Bonchev–Trinajstić information content (AvgIpc) is 3.15. The summed E-state index contributed by atoms with van der Waals surface area (Å²) in [7, 11) is 0. The summed E-state index contributed by atoms with van der Waals surface area (Å²) in [6, 6.07) is 9.78. The Morgan fingerprint density at radius 2 is 2.03 bits per heavy atom. The summed E-state index contributed by atoms with van der Waals surface area (Å²) in [5.74, 6) is -0.706. The topological polar surface area (TPSA) is 93.5 Å². The number of esters is 1. The number of aliphatic hydroxyl groups is 1. The highest BCUT2D eigenvalue weighted by atomic mass is 16.6. The highest BCUT2D eigenvalue weighted by Crippen LogP contribution is 2.40. The van der Waals surface area contributed by atoms with E-state index in [0.29, 0.717) is 23.4 Å². The molecule has 0 aliphatic carbocycles. The number of hydrogen-bond acceptors (Lipinski definition) is 6. The van der Waals surface area contributed by atoms with E-state index >= 15 is 0 Å². The van der Waals surface area contributed by atoms with Gasteiger partial charge in [0.05, 0.1) is 29.0 Å². The van der Waals surface area contributed by atoms with Crippen LogP contribution in [0.25, 0.3) is 22.3 Å². The molecule has 0 radical (unpaired) electrons. The Balaban J connectivity index is 1.76. The Bertz CT molecular complexity index is 1280. The number of para-hydroxylation sites is 1. The molecule has 5 rings (SSSR count). The van der Waals surface area contributed by atoms with Gasteiger partial charge in [-0.1, -0.05) is 32.0 Å². The molecule has 4 heterocycles. The van der Waals surface area contributed by atoms with E-state index in [1.54, 1.807) is 17.6 Å². The van der Waals surface area contributed by atoms with Crippen LogP contribution in [0, 0.1) is 0 Å². The van der Waals surface area contributed by atoms with Crippen LogP contribution in [0.2, 0.25) is 0 Å². The molecule has 3 aromatic rings. The van der Waals surface area contributed by atoms with Gasteiger partial charge in [0.25, 0.3) is 5.56 Å². The third kappa shape index (κ3) is 2.84. The number of hydrogen-bond donors (Lipinski definition) is 2. The molecule has 2 aliphatic heterocycles. The molecular weight excluding hydrogens is 394 g/mol. The summed E-state index contributed by atoms with van der Waals surface area (Å²) in [4.78, 5) is 30.6. The highest BCUT2D eigenvalue weighted by Gasteiger charge is 2.45. The van der Waals surface area contributed by atoms with Crippen molar-refractivity contribution in [1.29, 1.82) is 0 Å². The fourth-order valence-corrected chi connectivity index (χ4v) is 4.79. The second kappa shape index (κ2) is 7.28. The average molecular weight is 419 g/mol. The summed E-state index contributed by atoms with van der Waals surface area (Å²) in [5, 5.41) is 15.5. The normalized spacial score (nSPS) is 19.1. The Labute approximate surface area is 179 Å². The third-order valence-corrected chi connectivity index (χ3v) is 6.51. The number of nitrogens with one attached hydrogen (secondary N) is 1. The molecule has 0 bridgehead atoms. The van der Waals surface area contributed by atoms with Crippen molar-refractivity contribution < 1.29 is 14.6 Å². The van der Waals surface area contributed by atoms with Crippen molar-refractivity contribution in [1.82, 2.24) is 14.9 Å². The number of cyclic esters (lactones) is 1. The van der Waals surface area contributed by atoms with E-state index in [4.69, 9.17) is 9.72 Å². The summed E-state index contributed by atoms with van der Waals surface area (Å²) >= 11 is 0. The lowest BCUT2D eigenvalue weighted by Gasteiger charge is -2.31. The first-order valence-electron chi connectivity index (χ1n) is 10.8. The molecule has 160 valence electrons. The molecule has 1 unspecified atom stereocenters. The molecule has 1 atom stereocenters. The summed E-state index contributed by atoms with van der Waals surface area (Å²) < 4.78 is 6.85. The fraction of sp³-hybridized carbons (Fsp3) is 0.375. The Kier molecular flexibility index (Phi) is 4.68. The standard InChI is InChI=1S/C24H25N3O4/c1-3-24(30)18-11-20-21-16(12-27(20)22(28)17(18)13-31-23(24)29)14(9-10-25-4-2)15-7-5-6-8-19(15)26-21/h5-8,11,25,30H,3-4,9-10,12-13H2,1-2H3.